The van der Waals surface area contributed by atoms with E-state index in [9.17, 15) is 0 Å². The standard InChI is InChI=1S/C12H14N4O/c1-17-8-12-15-10(7-11(13)16-12)6-9-4-2-3-5-14-9/h2-5,7H,6,8H2,1H3,(H2,13,15,16). The Labute approximate surface area is 99.7 Å². The number of nitrogens with two attached hydrogens (primary N) is 1. The molecule has 88 valence electrons. The van der Waals surface area contributed by atoms with Crippen molar-refractivity contribution in [1.82, 2.24) is 15.0 Å². The van der Waals surface area contributed by atoms with Gasteiger partial charge in [0.25, 0.3) is 0 Å². The summed E-state index contributed by atoms with van der Waals surface area (Å²) in [5, 5.41) is 0. The first-order valence-corrected chi connectivity index (χ1v) is 5.29. The van der Waals surface area contributed by atoms with Gasteiger partial charge in [-0.15, -0.1) is 0 Å². The molecule has 0 spiro atoms. The molecule has 5 nitrogen and oxygen atoms in total. The minimum Gasteiger partial charge on any atom is -0.384 e. The zero-order chi connectivity index (χ0) is 12.1. The van der Waals surface area contributed by atoms with Crippen molar-refractivity contribution in [2.75, 3.05) is 12.8 Å². The number of hydrogen-bond acceptors (Lipinski definition) is 5. The maximum absolute atomic E-state index is 5.72. The molecule has 0 aromatic carbocycles. The van der Waals surface area contributed by atoms with Gasteiger partial charge in [-0.1, -0.05) is 6.07 Å². The zero-order valence-corrected chi connectivity index (χ0v) is 9.63. The van der Waals surface area contributed by atoms with Crippen LogP contribution in [-0.2, 0) is 17.8 Å². The summed E-state index contributed by atoms with van der Waals surface area (Å²) in [6.07, 6.45) is 2.40. The molecule has 5 heteroatoms. The Morgan fingerprint density at radius 1 is 1.24 bits per heavy atom. The first kappa shape index (κ1) is 11.5. The average Bonchev–Trinajstić information content (AvgIpc) is 2.30. The molecule has 0 bridgehead atoms. The number of nitrogen functional groups attached to an aromatic ring is 1. The summed E-state index contributed by atoms with van der Waals surface area (Å²) in [7, 11) is 1.60. The fraction of sp³-hybridized carbons (Fsp3) is 0.250. The van der Waals surface area contributed by atoms with Gasteiger partial charge in [0.2, 0.25) is 0 Å². The lowest BCUT2D eigenvalue weighted by molar-refractivity contribution is 0.177. The van der Waals surface area contributed by atoms with Crippen LogP contribution in [0.3, 0.4) is 0 Å². The lowest BCUT2D eigenvalue weighted by Gasteiger charge is -2.04. The van der Waals surface area contributed by atoms with Gasteiger partial charge in [0, 0.05) is 31.5 Å². The van der Waals surface area contributed by atoms with Crippen LogP contribution in [0.15, 0.2) is 30.5 Å². The van der Waals surface area contributed by atoms with E-state index in [-0.39, 0.29) is 0 Å². The minimum absolute atomic E-state index is 0.361. The van der Waals surface area contributed by atoms with Gasteiger partial charge >= 0.3 is 0 Å². The van der Waals surface area contributed by atoms with Crippen LogP contribution in [0.5, 0.6) is 0 Å². The molecule has 0 saturated carbocycles. The molecular formula is C12H14N4O. The maximum atomic E-state index is 5.72. The molecule has 0 aliphatic rings. The molecule has 0 fully saturated rings. The summed E-state index contributed by atoms with van der Waals surface area (Å²) in [6, 6.07) is 7.54. The molecule has 2 aromatic rings. The predicted octanol–water partition coefficient (Wildman–Crippen LogP) is 1.19. The van der Waals surface area contributed by atoms with Crippen molar-refractivity contribution < 1.29 is 4.74 Å². The summed E-state index contributed by atoms with van der Waals surface area (Å²) in [6.45, 7) is 0.361. The van der Waals surface area contributed by atoms with Gasteiger partial charge < -0.3 is 10.5 Å². The highest BCUT2D eigenvalue weighted by Crippen LogP contribution is 2.08. The molecule has 17 heavy (non-hydrogen) atoms. The Morgan fingerprint density at radius 2 is 2.12 bits per heavy atom. The maximum Gasteiger partial charge on any atom is 0.156 e. The SMILES string of the molecule is COCc1nc(N)cc(Cc2ccccn2)n1. The molecule has 0 aliphatic heterocycles. The number of aromatic nitrogens is 3. The molecule has 2 heterocycles. The Balaban J connectivity index is 2.21. The average molecular weight is 230 g/mol. The van der Waals surface area contributed by atoms with E-state index in [1.165, 1.54) is 0 Å². The third-order valence-electron chi connectivity index (χ3n) is 2.21. The third kappa shape index (κ3) is 3.22. The van der Waals surface area contributed by atoms with Gasteiger partial charge in [-0.2, -0.15) is 0 Å². The van der Waals surface area contributed by atoms with E-state index in [0.29, 0.717) is 24.7 Å². The normalized spacial score (nSPS) is 10.4. The van der Waals surface area contributed by atoms with Gasteiger partial charge in [-0.05, 0) is 12.1 Å². The number of methoxy groups -OCH3 is 1. The molecule has 0 unspecified atom stereocenters. The fourth-order valence-corrected chi connectivity index (χ4v) is 1.55. The molecule has 2 N–H and O–H groups in total. The smallest absolute Gasteiger partial charge is 0.156 e. The summed E-state index contributed by atoms with van der Waals surface area (Å²) >= 11 is 0. The second-order valence-corrected chi connectivity index (χ2v) is 3.63. The highest BCUT2D eigenvalue weighted by atomic mass is 16.5. The van der Waals surface area contributed by atoms with Gasteiger partial charge in [-0.3, -0.25) is 4.98 Å². The topological polar surface area (TPSA) is 73.9 Å². The minimum atomic E-state index is 0.361. The van der Waals surface area contributed by atoms with E-state index in [2.05, 4.69) is 15.0 Å². The summed E-state index contributed by atoms with van der Waals surface area (Å²) in [4.78, 5) is 12.7. The molecule has 0 atom stereocenters. The Hall–Kier alpha value is -2.01. The summed E-state index contributed by atoms with van der Waals surface area (Å²) in [5.74, 6) is 1.05. The molecule has 0 aliphatic carbocycles. The van der Waals surface area contributed by atoms with Crippen LogP contribution in [-0.4, -0.2) is 22.1 Å². The van der Waals surface area contributed by atoms with Gasteiger partial charge in [0.05, 0.1) is 5.69 Å². The van der Waals surface area contributed by atoms with Crippen LogP contribution in [0.2, 0.25) is 0 Å². The number of hydrogen-bond donors (Lipinski definition) is 1. The summed E-state index contributed by atoms with van der Waals surface area (Å²) < 4.78 is 4.99. The van der Waals surface area contributed by atoms with E-state index in [1.807, 2.05) is 18.2 Å². The van der Waals surface area contributed by atoms with E-state index in [1.54, 1.807) is 19.4 Å². The number of nitrogens with zero attached hydrogens (tertiary/aromatic N) is 3. The van der Waals surface area contributed by atoms with Crippen LogP contribution in [0.1, 0.15) is 17.2 Å². The molecule has 0 radical (unpaired) electrons. The highest BCUT2D eigenvalue weighted by Gasteiger charge is 2.04. The Kier molecular flexibility index (Phi) is 3.62. The lowest BCUT2D eigenvalue weighted by atomic mass is 10.2. The third-order valence-corrected chi connectivity index (χ3v) is 2.21. The molecular weight excluding hydrogens is 216 g/mol. The number of ether oxygens (including phenoxy) is 1. The number of rotatable bonds is 4. The number of pyridine rings is 1. The molecule has 0 saturated heterocycles. The first-order chi connectivity index (χ1) is 8.28. The second kappa shape index (κ2) is 5.36. The van der Waals surface area contributed by atoms with Crippen LogP contribution in [0, 0.1) is 0 Å². The van der Waals surface area contributed by atoms with Gasteiger partial charge in [0.15, 0.2) is 5.82 Å². The predicted molar refractivity (Wildman–Crippen MR) is 64.2 cm³/mol. The summed E-state index contributed by atoms with van der Waals surface area (Å²) in [5.41, 5.74) is 7.52. The van der Waals surface area contributed by atoms with Crippen molar-refractivity contribution >= 4 is 5.82 Å². The lowest BCUT2D eigenvalue weighted by Crippen LogP contribution is -2.05. The second-order valence-electron chi connectivity index (χ2n) is 3.63. The van der Waals surface area contributed by atoms with Crippen LogP contribution < -0.4 is 5.73 Å². The van der Waals surface area contributed by atoms with Gasteiger partial charge in [0.1, 0.15) is 12.4 Å². The molecule has 2 aromatic heterocycles. The van der Waals surface area contributed by atoms with Gasteiger partial charge in [-0.25, -0.2) is 9.97 Å². The Bertz CT molecular complexity index is 487. The molecule has 0 amide bonds. The number of anilines is 1. The largest absolute Gasteiger partial charge is 0.384 e. The van der Waals surface area contributed by atoms with E-state index in [0.717, 1.165) is 11.4 Å². The zero-order valence-electron chi connectivity index (χ0n) is 9.63. The van der Waals surface area contributed by atoms with Crippen molar-refractivity contribution in [1.29, 1.82) is 0 Å². The Morgan fingerprint density at radius 3 is 2.82 bits per heavy atom. The highest BCUT2D eigenvalue weighted by molar-refractivity contribution is 5.31. The quantitative estimate of drug-likeness (QED) is 0.854. The van der Waals surface area contributed by atoms with Crippen LogP contribution >= 0.6 is 0 Å². The van der Waals surface area contributed by atoms with Crippen molar-refractivity contribution in [3.05, 3.63) is 47.7 Å². The van der Waals surface area contributed by atoms with Crippen molar-refractivity contribution in [3.63, 3.8) is 0 Å². The molecule has 2 rings (SSSR count). The van der Waals surface area contributed by atoms with Crippen LogP contribution in [0.25, 0.3) is 0 Å². The van der Waals surface area contributed by atoms with Crippen LogP contribution in [0.4, 0.5) is 5.82 Å². The fourth-order valence-electron chi connectivity index (χ4n) is 1.55. The first-order valence-electron chi connectivity index (χ1n) is 5.29. The van der Waals surface area contributed by atoms with E-state index in [4.69, 9.17) is 10.5 Å². The van der Waals surface area contributed by atoms with Crippen molar-refractivity contribution in [2.45, 2.75) is 13.0 Å². The van der Waals surface area contributed by atoms with E-state index >= 15 is 0 Å². The monoisotopic (exact) mass is 230 g/mol. The van der Waals surface area contributed by atoms with E-state index < -0.39 is 0 Å². The van der Waals surface area contributed by atoms with Crippen molar-refractivity contribution in [3.8, 4) is 0 Å². The van der Waals surface area contributed by atoms with Crippen molar-refractivity contribution in [2.24, 2.45) is 0 Å².